The molecule has 0 saturated carbocycles. The predicted molar refractivity (Wildman–Crippen MR) is 120 cm³/mol. The Morgan fingerprint density at radius 2 is 1.83 bits per heavy atom. The van der Waals surface area contributed by atoms with Crippen LogP contribution in [0.5, 0.6) is 0 Å². The molecule has 152 valence electrons. The molecule has 0 radical (unpaired) electrons. The van der Waals surface area contributed by atoms with Gasteiger partial charge in [0.25, 0.3) is 0 Å². The molecule has 1 aromatic heterocycles. The molecule has 0 spiro atoms. The monoisotopic (exact) mass is 408 g/mol. The van der Waals surface area contributed by atoms with E-state index in [1.165, 1.54) is 0 Å². The molecule has 29 heavy (non-hydrogen) atoms. The van der Waals surface area contributed by atoms with E-state index in [0.717, 1.165) is 47.8 Å². The minimum absolute atomic E-state index is 0.0981. The van der Waals surface area contributed by atoms with Crippen molar-refractivity contribution in [3.05, 3.63) is 94.8 Å². The number of aromatic nitrogens is 1. The van der Waals surface area contributed by atoms with Crippen LogP contribution in [0.2, 0.25) is 5.02 Å². The lowest BCUT2D eigenvalue weighted by Gasteiger charge is -2.27. The van der Waals surface area contributed by atoms with Crippen LogP contribution in [0.15, 0.2) is 72.9 Å². The summed E-state index contributed by atoms with van der Waals surface area (Å²) in [5.41, 5.74) is 3.38. The van der Waals surface area contributed by atoms with Gasteiger partial charge in [-0.2, -0.15) is 0 Å². The fraction of sp³-hybridized carbons (Fsp3) is 0.320. The molecule has 0 saturated heterocycles. The van der Waals surface area contributed by atoms with Crippen molar-refractivity contribution in [2.24, 2.45) is 0 Å². The number of halogens is 1. The van der Waals surface area contributed by atoms with E-state index in [0.29, 0.717) is 6.54 Å². The summed E-state index contributed by atoms with van der Waals surface area (Å²) in [6.45, 7) is 6.32. The molecular formula is C25H29ClN2O. The van der Waals surface area contributed by atoms with Crippen LogP contribution in [0.4, 0.5) is 0 Å². The Morgan fingerprint density at radius 3 is 2.52 bits per heavy atom. The topological polar surface area (TPSA) is 25.2 Å². The lowest BCUT2D eigenvalue weighted by molar-refractivity contribution is -0.133. The van der Waals surface area contributed by atoms with Crippen LogP contribution in [0.3, 0.4) is 0 Å². The van der Waals surface area contributed by atoms with Gasteiger partial charge in [0, 0.05) is 30.0 Å². The van der Waals surface area contributed by atoms with Crippen LogP contribution >= 0.6 is 11.6 Å². The van der Waals surface area contributed by atoms with Crippen LogP contribution < -0.4 is 0 Å². The van der Waals surface area contributed by atoms with Crippen molar-refractivity contribution in [3.8, 4) is 0 Å². The highest BCUT2D eigenvalue weighted by Gasteiger charge is 2.24. The van der Waals surface area contributed by atoms with E-state index >= 15 is 0 Å². The maximum Gasteiger partial charge on any atom is 0.230 e. The molecule has 3 aromatic rings. The summed E-state index contributed by atoms with van der Waals surface area (Å²) >= 11 is 6.14. The van der Waals surface area contributed by atoms with Gasteiger partial charge < -0.3 is 9.47 Å². The molecule has 0 aliphatic carbocycles. The van der Waals surface area contributed by atoms with E-state index in [1.54, 1.807) is 0 Å². The van der Waals surface area contributed by atoms with Crippen LogP contribution in [0.1, 0.15) is 49.4 Å². The van der Waals surface area contributed by atoms with Crippen molar-refractivity contribution >= 4 is 17.5 Å². The van der Waals surface area contributed by atoms with Crippen LogP contribution in [0.25, 0.3) is 0 Å². The summed E-state index contributed by atoms with van der Waals surface area (Å²) in [5, 5.41) is 0.743. The van der Waals surface area contributed by atoms with Crippen molar-refractivity contribution in [2.45, 2.75) is 45.7 Å². The average molecular weight is 409 g/mol. The van der Waals surface area contributed by atoms with Crippen LogP contribution in [-0.2, 0) is 17.9 Å². The fourth-order valence-corrected chi connectivity index (χ4v) is 3.98. The van der Waals surface area contributed by atoms with Gasteiger partial charge in [-0.1, -0.05) is 67.9 Å². The first kappa shape index (κ1) is 21.2. The highest BCUT2D eigenvalue weighted by molar-refractivity contribution is 6.30. The minimum atomic E-state index is -0.0981. The molecular weight excluding hydrogens is 380 g/mol. The number of amides is 1. The lowest BCUT2D eigenvalue weighted by atomic mass is 9.95. The normalized spacial score (nSPS) is 12.0. The SMILES string of the molecule is CCCN(Cc1cccn1Cc1cccc(Cl)c1)C(=O)[C@H](CC)c1ccccc1. The van der Waals surface area contributed by atoms with Crippen molar-refractivity contribution in [1.29, 1.82) is 0 Å². The van der Waals surface area contributed by atoms with E-state index in [9.17, 15) is 4.79 Å². The van der Waals surface area contributed by atoms with E-state index in [-0.39, 0.29) is 11.8 Å². The highest BCUT2D eigenvalue weighted by Crippen LogP contribution is 2.23. The number of carbonyl (C=O) groups excluding carboxylic acids is 1. The Labute approximate surface area is 178 Å². The van der Waals surface area contributed by atoms with Gasteiger partial charge >= 0.3 is 0 Å². The van der Waals surface area contributed by atoms with Crippen molar-refractivity contribution in [3.63, 3.8) is 0 Å². The van der Waals surface area contributed by atoms with Gasteiger partial charge in [-0.15, -0.1) is 0 Å². The van der Waals surface area contributed by atoms with Gasteiger partial charge in [-0.3, -0.25) is 4.79 Å². The van der Waals surface area contributed by atoms with E-state index in [2.05, 4.69) is 48.9 Å². The smallest absolute Gasteiger partial charge is 0.230 e. The molecule has 1 heterocycles. The lowest BCUT2D eigenvalue weighted by Crippen LogP contribution is -2.36. The molecule has 2 aromatic carbocycles. The number of hydrogen-bond acceptors (Lipinski definition) is 1. The Hall–Kier alpha value is -2.52. The van der Waals surface area contributed by atoms with Gasteiger partial charge in [0.05, 0.1) is 12.5 Å². The summed E-state index contributed by atoms with van der Waals surface area (Å²) in [4.78, 5) is 15.4. The molecule has 3 rings (SSSR count). The quantitative estimate of drug-likeness (QED) is 0.418. The molecule has 0 unspecified atom stereocenters. The fourth-order valence-electron chi connectivity index (χ4n) is 3.77. The van der Waals surface area contributed by atoms with Crippen molar-refractivity contribution in [1.82, 2.24) is 9.47 Å². The van der Waals surface area contributed by atoms with Gasteiger partial charge in [0.2, 0.25) is 5.91 Å². The summed E-state index contributed by atoms with van der Waals surface area (Å²) in [7, 11) is 0. The van der Waals surface area contributed by atoms with Crippen LogP contribution in [0, 0.1) is 0 Å². The third-order valence-corrected chi connectivity index (χ3v) is 5.47. The molecule has 0 fully saturated rings. The van der Waals surface area contributed by atoms with E-state index in [4.69, 9.17) is 11.6 Å². The van der Waals surface area contributed by atoms with Crippen molar-refractivity contribution in [2.75, 3.05) is 6.54 Å². The van der Waals surface area contributed by atoms with Crippen LogP contribution in [-0.4, -0.2) is 21.9 Å². The third kappa shape index (κ3) is 5.51. The van der Waals surface area contributed by atoms with Crippen molar-refractivity contribution < 1.29 is 4.79 Å². The number of benzene rings is 2. The van der Waals surface area contributed by atoms with E-state index < -0.39 is 0 Å². The second-order valence-corrected chi connectivity index (χ2v) is 7.83. The maximum absolute atomic E-state index is 13.4. The zero-order chi connectivity index (χ0) is 20.6. The number of rotatable bonds is 9. The average Bonchev–Trinajstić information content (AvgIpc) is 3.15. The summed E-state index contributed by atoms with van der Waals surface area (Å²) < 4.78 is 2.20. The highest BCUT2D eigenvalue weighted by atomic mass is 35.5. The van der Waals surface area contributed by atoms with E-state index in [1.807, 2.05) is 47.4 Å². The first-order valence-corrected chi connectivity index (χ1v) is 10.7. The number of hydrogen-bond donors (Lipinski definition) is 0. The standard InChI is InChI=1S/C25H29ClN2O/c1-3-15-28(25(29)24(4-2)21-11-6-5-7-12-21)19-23-14-9-16-27(23)18-20-10-8-13-22(26)17-20/h5-14,16-17,24H,3-4,15,18-19H2,1-2H3/t24-/m1/s1. The molecule has 1 atom stereocenters. The number of carbonyl (C=O) groups is 1. The second kappa shape index (κ2) is 10.3. The third-order valence-electron chi connectivity index (χ3n) is 5.23. The maximum atomic E-state index is 13.4. The largest absolute Gasteiger partial charge is 0.345 e. The predicted octanol–water partition coefficient (Wildman–Crippen LogP) is 6.12. The summed E-state index contributed by atoms with van der Waals surface area (Å²) in [6.07, 6.45) is 3.80. The Morgan fingerprint density at radius 1 is 1.03 bits per heavy atom. The molecule has 0 N–H and O–H groups in total. The molecule has 0 aliphatic heterocycles. The molecule has 3 nitrogen and oxygen atoms in total. The number of nitrogens with zero attached hydrogens (tertiary/aromatic N) is 2. The summed E-state index contributed by atoms with van der Waals surface area (Å²) in [5.74, 6) is 0.107. The zero-order valence-electron chi connectivity index (χ0n) is 17.2. The Balaban J connectivity index is 1.79. The minimum Gasteiger partial charge on any atom is -0.345 e. The first-order valence-electron chi connectivity index (χ1n) is 10.3. The molecule has 0 bridgehead atoms. The van der Waals surface area contributed by atoms with Gasteiger partial charge in [0.15, 0.2) is 0 Å². The van der Waals surface area contributed by atoms with Gasteiger partial charge in [-0.05, 0) is 48.2 Å². The molecule has 0 aliphatic rings. The second-order valence-electron chi connectivity index (χ2n) is 7.39. The molecule has 4 heteroatoms. The first-order chi connectivity index (χ1) is 14.1. The zero-order valence-corrected chi connectivity index (χ0v) is 18.0. The Kier molecular flexibility index (Phi) is 7.54. The summed E-state index contributed by atoms with van der Waals surface area (Å²) in [6, 6.07) is 22.2. The van der Waals surface area contributed by atoms with Gasteiger partial charge in [0.1, 0.15) is 0 Å². The molecule has 1 amide bonds. The Bertz CT molecular complexity index is 919. The van der Waals surface area contributed by atoms with Gasteiger partial charge in [-0.25, -0.2) is 0 Å².